The number of rotatable bonds is 5. The summed E-state index contributed by atoms with van der Waals surface area (Å²) >= 11 is 0. The molecule has 1 aliphatic carbocycles. The van der Waals surface area contributed by atoms with Crippen LogP contribution in [0.15, 0.2) is 0 Å². The molecule has 19 heavy (non-hydrogen) atoms. The van der Waals surface area contributed by atoms with Gasteiger partial charge < -0.3 is 5.32 Å². The molecule has 0 aromatic heterocycles. The van der Waals surface area contributed by atoms with E-state index in [0.29, 0.717) is 0 Å². The minimum absolute atomic E-state index is 0.726. The third kappa shape index (κ3) is 4.46. The number of nitrogens with zero attached hydrogens (tertiary/aromatic N) is 1. The van der Waals surface area contributed by atoms with E-state index in [1.807, 2.05) is 0 Å². The first-order valence-electron chi connectivity index (χ1n) is 8.55. The Balaban J connectivity index is 1.96. The van der Waals surface area contributed by atoms with Gasteiger partial charge in [0.25, 0.3) is 0 Å². The average molecular weight is 266 g/mol. The molecule has 2 heteroatoms. The Hall–Kier alpha value is -0.0800. The molecule has 1 N–H and O–H groups in total. The maximum absolute atomic E-state index is 3.82. The maximum Gasteiger partial charge on any atom is 0.0226 e. The summed E-state index contributed by atoms with van der Waals surface area (Å²) in [5, 5.41) is 3.82. The molecule has 1 saturated carbocycles. The van der Waals surface area contributed by atoms with E-state index in [1.54, 1.807) is 0 Å². The molecule has 112 valence electrons. The van der Waals surface area contributed by atoms with E-state index in [-0.39, 0.29) is 0 Å². The van der Waals surface area contributed by atoms with Gasteiger partial charge in [0.05, 0.1) is 0 Å². The van der Waals surface area contributed by atoms with Crippen LogP contribution in [0.1, 0.15) is 66.2 Å². The second kappa shape index (κ2) is 7.08. The average Bonchev–Trinajstić information content (AvgIpc) is 2.83. The van der Waals surface area contributed by atoms with Gasteiger partial charge in [-0.3, -0.25) is 4.90 Å². The molecule has 0 aromatic rings. The highest BCUT2D eigenvalue weighted by Gasteiger charge is 2.34. The fraction of sp³-hybridized carbons (Fsp3) is 1.00. The lowest BCUT2D eigenvalue weighted by Crippen LogP contribution is -2.59. The van der Waals surface area contributed by atoms with Crippen LogP contribution in [-0.2, 0) is 0 Å². The lowest BCUT2D eigenvalue weighted by Gasteiger charge is -2.45. The third-order valence-electron chi connectivity index (χ3n) is 4.84. The lowest BCUT2D eigenvalue weighted by molar-refractivity contribution is 0.0662. The summed E-state index contributed by atoms with van der Waals surface area (Å²) in [6.45, 7) is 11.9. The molecule has 0 aromatic carbocycles. The molecule has 2 rings (SSSR count). The van der Waals surface area contributed by atoms with Gasteiger partial charge in [-0.1, -0.05) is 40.5 Å². The van der Waals surface area contributed by atoms with Crippen LogP contribution in [0.5, 0.6) is 0 Å². The molecule has 0 amide bonds. The van der Waals surface area contributed by atoms with E-state index in [1.165, 1.54) is 51.6 Å². The maximum atomic E-state index is 3.82. The van der Waals surface area contributed by atoms with Gasteiger partial charge in [0.1, 0.15) is 0 Å². The fourth-order valence-corrected chi connectivity index (χ4v) is 4.06. The van der Waals surface area contributed by atoms with E-state index in [4.69, 9.17) is 0 Å². The number of hydrogen-bond acceptors (Lipinski definition) is 2. The first-order valence-corrected chi connectivity index (χ1v) is 8.55. The van der Waals surface area contributed by atoms with Gasteiger partial charge in [-0.15, -0.1) is 0 Å². The quantitative estimate of drug-likeness (QED) is 0.817. The van der Waals surface area contributed by atoms with Crippen LogP contribution in [0.25, 0.3) is 0 Å². The van der Waals surface area contributed by atoms with Gasteiger partial charge >= 0.3 is 0 Å². The van der Waals surface area contributed by atoms with E-state index >= 15 is 0 Å². The third-order valence-corrected chi connectivity index (χ3v) is 4.84. The molecule has 2 aliphatic rings. The molecule has 1 saturated heterocycles. The SMILES string of the molecule is CC(C)CC1CN(C2CCCC2)C(CC(C)C)CN1. The van der Waals surface area contributed by atoms with Gasteiger partial charge in [0.2, 0.25) is 0 Å². The van der Waals surface area contributed by atoms with E-state index in [2.05, 4.69) is 37.9 Å². The van der Waals surface area contributed by atoms with Crippen molar-refractivity contribution in [1.29, 1.82) is 0 Å². The first-order chi connectivity index (χ1) is 9.06. The molecule has 2 atom stereocenters. The summed E-state index contributed by atoms with van der Waals surface area (Å²) in [7, 11) is 0. The Bertz CT molecular complexity index is 256. The molecule has 2 fully saturated rings. The lowest BCUT2D eigenvalue weighted by atomic mass is 9.94. The van der Waals surface area contributed by atoms with Crippen molar-refractivity contribution in [3.8, 4) is 0 Å². The van der Waals surface area contributed by atoms with Crippen molar-refractivity contribution < 1.29 is 0 Å². The summed E-state index contributed by atoms with van der Waals surface area (Å²) in [6.07, 6.45) is 8.50. The second-order valence-electron chi connectivity index (χ2n) is 7.65. The van der Waals surface area contributed by atoms with Crippen molar-refractivity contribution >= 4 is 0 Å². The van der Waals surface area contributed by atoms with Crippen molar-refractivity contribution in [2.24, 2.45) is 11.8 Å². The molecule has 0 radical (unpaired) electrons. The highest BCUT2D eigenvalue weighted by Crippen LogP contribution is 2.29. The Kier molecular flexibility index (Phi) is 5.70. The van der Waals surface area contributed by atoms with Crippen LogP contribution < -0.4 is 5.32 Å². The number of hydrogen-bond donors (Lipinski definition) is 1. The second-order valence-corrected chi connectivity index (χ2v) is 7.65. The predicted octanol–water partition coefficient (Wildman–Crippen LogP) is 3.66. The number of nitrogens with one attached hydrogen (secondary N) is 1. The van der Waals surface area contributed by atoms with Crippen LogP contribution in [0, 0.1) is 11.8 Å². The Labute approximate surface area is 120 Å². The van der Waals surface area contributed by atoms with Crippen LogP contribution in [0.2, 0.25) is 0 Å². The molecule has 1 heterocycles. The van der Waals surface area contributed by atoms with E-state index in [9.17, 15) is 0 Å². The topological polar surface area (TPSA) is 15.3 Å². The Morgan fingerprint density at radius 3 is 2.21 bits per heavy atom. The molecular formula is C17H34N2. The van der Waals surface area contributed by atoms with Crippen molar-refractivity contribution in [3.05, 3.63) is 0 Å². The van der Waals surface area contributed by atoms with Crippen molar-refractivity contribution in [2.75, 3.05) is 13.1 Å². The monoisotopic (exact) mass is 266 g/mol. The summed E-state index contributed by atoms with van der Waals surface area (Å²) in [4.78, 5) is 2.89. The molecule has 2 unspecified atom stereocenters. The minimum Gasteiger partial charge on any atom is -0.311 e. The fourth-order valence-electron chi connectivity index (χ4n) is 4.06. The Morgan fingerprint density at radius 1 is 1.00 bits per heavy atom. The zero-order valence-corrected chi connectivity index (χ0v) is 13.5. The van der Waals surface area contributed by atoms with Gasteiger partial charge in [-0.05, 0) is 37.5 Å². The molecular weight excluding hydrogens is 232 g/mol. The molecule has 1 aliphatic heterocycles. The van der Waals surface area contributed by atoms with E-state index in [0.717, 1.165) is 30.0 Å². The highest BCUT2D eigenvalue weighted by atomic mass is 15.3. The minimum atomic E-state index is 0.726. The zero-order chi connectivity index (χ0) is 13.8. The smallest absolute Gasteiger partial charge is 0.0226 e. The van der Waals surface area contributed by atoms with Crippen molar-refractivity contribution in [1.82, 2.24) is 10.2 Å². The van der Waals surface area contributed by atoms with Gasteiger partial charge in [-0.25, -0.2) is 0 Å². The highest BCUT2D eigenvalue weighted by molar-refractivity contribution is 4.92. The molecule has 0 spiro atoms. The summed E-state index contributed by atoms with van der Waals surface area (Å²) in [5.41, 5.74) is 0. The predicted molar refractivity (Wildman–Crippen MR) is 83.5 cm³/mol. The van der Waals surface area contributed by atoms with Crippen LogP contribution in [0.3, 0.4) is 0 Å². The largest absolute Gasteiger partial charge is 0.311 e. The first kappa shape index (κ1) is 15.3. The summed E-state index contributed by atoms with van der Waals surface area (Å²) < 4.78 is 0. The van der Waals surface area contributed by atoms with Crippen molar-refractivity contribution in [3.63, 3.8) is 0 Å². The normalized spacial score (nSPS) is 30.6. The molecule has 0 bridgehead atoms. The van der Waals surface area contributed by atoms with Crippen LogP contribution in [-0.4, -0.2) is 36.1 Å². The van der Waals surface area contributed by atoms with Crippen LogP contribution >= 0.6 is 0 Å². The van der Waals surface area contributed by atoms with Crippen LogP contribution in [0.4, 0.5) is 0 Å². The van der Waals surface area contributed by atoms with Gasteiger partial charge in [0.15, 0.2) is 0 Å². The zero-order valence-electron chi connectivity index (χ0n) is 13.5. The Morgan fingerprint density at radius 2 is 1.63 bits per heavy atom. The van der Waals surface area contributed by atoms with Gasteiger partial charge in [-0.2, -0.15) is 0 Å². The summed E-state index contributed by atoms with van der Waals surface area (Å²) in [5.74, 6) is 1.63. The number of piperazine rings is 1. The van der Waals surface area contributed by atoms with Gasteiger partial charge in [0, 0.05) is 31.2 Å². The molecule has 2 nitrogen and oxygen atoms in total. The summed E-state index contributed by atoms with van der Waals surface area (Å²) in [6, 6.07) is 2.40. The van der Waals surface area contributed by atoms with Crippen molar-refractivity contribution in [2.45, 2.75) is 84.3 Å². The standard InChI is InChI=1S/C17H34N2/c1-13(2)9-15-12-19(16-7-5-6-8-16)17(11-18-15)10-14(3)4/h13-18H,5-12H2,1-4H3. The van der Waals surface area contributed by atoms with E-state index < -0.39 is 0 Å².